The minimum absolute atomic E-state index is 0.0211. The fourth-order valence-electron chi connectivity index (χ4n) is 11.7. The predicted octanol–water partition coefficient (Wildman–Crippen LogP) is 2.48. The number of aryl methyl sites for hydroxylation is 1. The number of hydrogen-bond donors (Lipinski definition) is 5. The number of hydrogen-bond acceptors (Lipinski definition) is 16. The fourth-order valence-corrected chi connectivity index (χ4v) is 11.7. The summed E-state index contributed by atoms with van der Waals surface area (Å²) in [5.41, 5.74) is 0. The van der Waals surface area contributed by atoms with Crippen LogP contribution in [0.5, 0.6) is 0 Å². The highest BCUT2D eigenvalue weighted by Gasteiger charge is 2.46. The van der Waals surface area contributed by atoms with Crippen LogP contribution < -0.4 is 21.3 Å². The quantitative estimate of drug-likeness (QED) is 0.0925. The van der Waals surface area contributed by atoms with Crippen molar-refractivity contribution in [3.63, 3.8) is 0 Å². The summed E-state index contributed by atoms with van der Waals surface area (Å²) in [6.45, 7) is 29.7. The van der Waals surface area contributed by atoms with Crippen molar-refractivity contribution >= 4 is 65.0 Å². The summed E-state index contributed by atoms with van der Waals surface area (Å²) in [7, 11) is 9.82. The molecule has 14 atom stereocenters. The van der Waals surface area contributed by atoms with Crippen molar-refractivity contribution in [1.82, 2.24) is 75.8 Å². The lowest BCUT2D eigenvalue weighted by atomic mass is 9.91. The van der Waals surface area contributed by atoms with Crippen LogP contribution in [0, 0.1) is 35.5 Å². The molecule has 0 radical (unpaired) electrons. The van der Waals surface area contributed by atoms with Gasteiger partial charge in [-0.15, -0.1) is 5.10 Å². The van der Waals surface area contributed by atoms with Crippen LogP contribution in [-0.2, 0) is 64.0 Å². The molecule has 11 amide bonds. The van der Waals surface area contributed by atoms with Crippen LogP contribution in [-0.4, -0.2) is 259 Å². The molecule has 1 saturated heterocycles. The summed E-state index contributed by atoms with van der Waals surface area (Å²) in [4.78, 5) is 171. The van der Waals surface area contributed by atoms with E-state index in [9.17, 15) is 33.9 Å². The van der Waals surface area contributed by atoms with Crippen LogP contribution in [0.25, 0.3) is 0 Å². The highest BCUT2D eigenvalue weighted by Crippen LogP contribution is 2.26. The fraction of sp³-hybridized carbons (Fsp3) is 0.788. The van der Waals surface area contributed by atoms with Gasteiger partial charge in [0.2, 0.25) is 65.0 Å². The molecule has 1 aliphatic rings. The first-order chi connectivity index (χ1) is 43.7. The summed E-state index contributed by atoms with van der Waals surface area (Å²) in [6.07, 6.45) is 4.22. The molecule has 1 aromatic heterocycles. The van der Waals surface area contributed by atoms with Crippen LogP contribution in [0.1, 0.15) is 163 Å². The van der Waals surface area contributed by atoms with Gasteiger partial charge < -0.3 is 65.4 Å². The number of likely N-dealkylation sites (N-methyl/N-ethyl adjacent to an activating group) is 7. The summed E-state index contributed by atoms with van der Waals surface area (Å²) < 4.78 is 7.82. The van der Waals surface area contributed by atoms with Crippen LogP contribution in [0.3, 0.4) is 0 Å². The van der Waals surface area contributed by atoms with Crippen LogP contribution in [0.2, 0.25) is 0 Å². The molecular formula is C66H117N15O13. The average molecular weight is 1330 g/mol. The first-order valence-corrected chi connectivity index (χ1v) is 33.4. The molecule has 0 aromatic carbocycles. The molecular weight excluding hydrogens is 1210 g/mol. The number of nitrogens with zero attached hydrogens (tertiary/aromatic N) is 11. The van der Waals surface area contributed by atoms with E-state index in [4.69, 9.17) is 4.74 Å². The topological polar surface area (TPSA) is 332 Å². The van der Waals surface area contributed by atoms with Gasteiger partial charge in [0, 0.05) is 62.5 Å². The Morgan fingerprint density at radius 2 is 1.01 bits per heavy atom. The first kappa shape index (κ1) is 83.0. The maximum absolute atomic E-state index is 15.3. The third kappa shape index (κ3) is 22.8. The number of tetrazole rings is 1. The van der Waals surface area contributed by atoms with Gasteiger partial charge in [0.1, 0.15) is 72.8 Å². The second-order valence-corrected chi connectivity index (χ2v) is 27.6. The molecule has 1 aliphatic heterocycles. The minimum atomic E-state index is -1.65. The second-order valence-electron chi connectivity index (χ2n) is 27.6. The minimum Gasteiger partial charge on any atom is -0.390 e. The second kappa shape index (κ2) is 38.4. The zero-order valence-electron chi connectivity index (χ0n) is 60.8. The van der Waals surface area contributed by atoms with Gasteiger partial charge in [-0.05, 0) is 125 Å². The number of carbonyl (C=O) groups excluding carboxylic acids is 11. The average Bonchev–Trinajstić information content (AvgIpc) is 0.864. The molecule has 0 unspecified atom stereocenters. The molecule has 5 N–H and O–H groups in total. The highest BCUT2D eigenvalue weighted by molar-refractivity contribution is 6.00. The highest BCUT2D eigenvalue weighted by atomic mass is 16.5. The van der Waals surface area contributed by atoms with E-state index in [2.05, 4.69) is 36.8 Å². The Bertz CT molecular complexity index is 2710. The zero-order chi connectivity index (χ0) is 72.1. The van der Waals surface area contributed by atoms with Gasteiger partial charge in [0.15, 0.2) is 0 Å². The molecule has 2 rings (SSSR count). The lowest BCUT2D eigenvalue weighted by molar-refractivity contribution is -0.157. The van der Waals surface area contributed by atoms with Crippen molar-refractivity contribution in [3.05, 3.63) is 18.5 Å². The number of amides is 11. The Labute approximate surface area is 559 Å². The van der Waals surface area contributed by atoms with E-state index < -0.39 is 161 Å². The van der Waals surface area contributed by atoms with Gasteiger partial charge in [0.25, 0.3) is 0 Å². The van der Waals surface area contributed by atoms with E-state index in [-0.39, 0.29) is 56.5 Å². The molecule has 0 spiro atoms. The summed E-state index contributed by atoms with van der Waals surface area (Å²) in [5, 5.41) is 34.4. The van der Waals surface area contributed by atoms with E-state index in [0.717, 1.165) is 14.7 Å². The van der Waals surface area contributed by atoms with Gasteiger partial charge in [-0.1, -0.05) is 95.2 Å². The van der Waals surface area contributed by atoms with Gasteiger partial charge in [-0.25, -0.2) is 4.68 Å². The molecule has 0 bridgehead atoms. The summed E-state index contributed by atoms with van der Waals surface area (Å²) >= 11 is 0. The lowest BCUT2D eigenvalue weighted by Crippen LogP contribution is -2.64. The van der Waals surface area contributed by atoms with E-state index in [1.54, 1.807) is 72.2 Å². The Morgan fingerprint density at radius 3 is 1.51 bits per heavy atom. The summed E-state index contributed by atoms with van der Waals surface area (Å²) in [5.74, 6) is -10.2. The third-order valence-corrected chi connectivity index (χ3v) is 17.8. The molecule has 2 heterocycles. The monoisotopic (exact) mass is 1330 g/mol. The number of nitrogens with one attached hydrogen (secondary N) is 4. The van der Waals surface area contributed by atoms with Gasteiger partial charge in [-0.2, -0.15) is 0 Å². The molecule has 1 fully saturated rings. The SMILES string of the molecule is C/C=C/C[C@@H](C)[C@@H](O)[C@H]1C(=O)N[C@@H](CC)C(=O)N(C)[C@H](C)C(=O)N(C)[C@@H]([C@@H](C)OCCCCn2cnnn2)C(=O)N[C@@H](C(C)C)C(=O)N(C)[C@H](CC(C)C)C(=O)N[C@@H](C)C(=O)N[C@@H](C)C(=O)N(C)[C@@H](CC(C)C)C(=O)N(C)[C@H](CC(C)C)C(=O)N(C)[C@@H](C(C)C)C(=O)N1C. The number of aliphatic hydroxyl groups excluding tert-OH is 1. The summed E-state index contributed by atoms with van der Waals surface area (Å²) in [6, 6.07) is -14.3. The van der Waals surface area contributed by atoms with Crippen molar-refractivity contribution in [2.24, 2.45) is 35.5 Å². The standard InChI is InChI=1S/C66H117N15O13/c1-25-27-30-42(13)55(82)54-59(86)70-47(26-2)62(89)74(18)45(16)61(88)79(23)53(46(17)94-32-29-28-31-81-36-67-72-73-81)58(85)71-51(40(9)10)65(92)75(19)48(33-37(3)4)57(84)68-43(14)56(83)69-44(15)60(87)76(20)49(34-38(5)6)63(90)77(21)50(35-39(7)8)64(91)78(22)52(41(11)12)66(93)80(54)24/h25,27,36-55,82H,26,28-35H2,1-24H3,(H,68,84)(H,69,83)(H,70,86)(H,71,85)/b27-25+/t42-,43+,44+,45-,46-,47+,48-,49+,50-,51+,52+,53+,54+,55-/m1/s1. The maximum atomic E-state index is 15.3. The lowest BCUT2D eigenvalue weighted by Gasteiger charge is -2.41. The van der Waals surface area contributed by atoms with Gasteiger partial charge in [0.05, 0.1) is 12.2 Å². The van der Waals surface area contributed by atoms with Crippen molar-refractivity contribution in [1.29, 1.82) is 0 Å². The Hall–Kier alpha value is -7.10. The normalized spacial score (nSPS) is 26.6. The van der Waals surface area contributed by atoms with Crippen LogP contribution >= 0.6 is 0 Å². The van der Waals surface area contributed by atoms with Crippen molar-refractivity contribution in [2.45, 2.75) is 248 Å². The van der Waals surface area contributed by atoms with E-state index in [0.29, 0.717) is 19.4 Å². The maximum Gasteiger partial charge on any atom is 0.246 e. The molecule has 0 saturated carbocycles. The molecule has 534 valence electrons. The number of rotatable bonds is 20. The number of aliphatic hydroxyl groups is 1. The number of allylic oxidation sites excluding steroid dienone is 2. The number of carbonyl (C=O) groups is 11. The van der Waals surface area contributed by atoms with E-state index in [1.165, 1.54) is 96.0 Å². The molecule has 28 heteroatoms. The number of ether oxygens (including phenoxy) is 1. The van der Waals surface area contributed by atoms with Crippen LogP contribution in [0.15, 0.2) is 18.5 Å². The number of aromatic nitrogens is 4. The predicted molar refractivity (Wildman–Crippen MR) is 356 cm³/mol. The zero-order valence-corrected chi connectivity index (χ0v) is 60.8. The van der Waals surface area contributed by atoms with Gasteiger partial charge in [-0.3, -0.25) is 52.7 Å². The van der Waals surface area contributed by atoms with Crippen molar-refractivity contribution in [2.75, 3.05) is 55.9 Å². The largest absolute Gasteiger partial charge is 0.390 e. The van der Waals surface area contributed by atoms with E-state index in [1.807, 2.05) is 41.5 Å². The third-order valence-electron chi connectivity index (χ3n) is 17.8. The van der Waals surface area contributed by atoms with E-state index >= 15 is 24.0 Å². The Kier molecular flexibility index (Phi) is 33.9. The smallest absolute Gasteiger partial charge is 0.246 e. The molecule has 0 aliphatic carbocycles. The molecule has 1 aromatic rings. The molecule has 94 heavy (non-hydrogen) atoms. The molecule has 28 nitrogen and oxygen atoms in total. The Morgan fingerprint density at radius 1 is 0.521 bits per heavy atom. The van der Waals surface area contributed by atoms with Crippen molar-refractivity contribution < 1.29 is 62.6 Å². The van der Waals surface area contributed by atoms with Gasteiger partial charge >= 0.3 is 0 Å². The number of unbranched alkanes of at least 4 members (excludes halogenated alkanes) is 1. The van der Waals surface area contributed by atoms with Crippen LogP contribution in [0.4, 0.5) is 0 Å². The first-order valence-electron chi connectivity index (χ1n) is 33.4. The van der Waals surface area contributed by atoms with Crippen molar-refractivity contribution in [3.8, 4) is 0 Å². The Balaban J connectivity index is 3.02.